The molecule has 2 nitrogen and oxygen atoms in total. The van der Waals surface area contributed by atoms with Crippen molar-refractivity contribution in [1.29, 1.82) is 0 Å². The van der Waals surface area contributed by atoms with Gasteiger partial charge < -0.3 is 5.32 Å². The van der Waals surface area contributed by atoms with Gasteiger partial charge in [-0.25, -0.2) is 4.98 Å². The molecule has 0 aromatic carbocycles. The molecule has 14 heavy (non-hydrogen) atoms. The van der Waals surface area contributed by atoms with Crippen molar-refractivity contribution in [2.45, 2.75) is 25.8 Å². The van der Waals surface area contributed by atoms with E-state index in [4.69, 9.17) is 11.6 Å². The first-order valence-corrected chi connectivity index (χ1v) is 5.95. The van der Waals surface area contributed by atoms with E-state index in [0.29, 0.717) is 0 Å². The van der Waals surface area contributed by atoms with Crippen LogP contribution >= 0.6 is 22.9 Å². The van der Waals surface area contributed by atoms with Gasteiger partial charge in [-0.1, -0.05) is 17.2 Å². The number of hydrogen-bond acceptors (Lipinski definition) is 3. The minimum absolute atomic E-state index is 0.749. The Morgan fingerprint density at radius 2 is 2.57 bits per heavy atom. The lowest BCUT2D eigenvalue weighted by Crippen LogP contribution is -2.18. The van der Waals surface area contributed by atoms with Crippen LogP contribution in [0.1, 0.15) is 24.8 Å². The topological polar surface area (TPSA) is 24.9 Å². The second-order valence-corrected chi connectivity index (χ2v) is 5.34. The summed E-state index contributed by atoms with van der Waals surface area (Å²) in [4.78, 5) is 4.18. The zero-order valence-corrected chi connectivity index (χ0v) is 9.66. The predicted octanol–water partition coefficient (Wildman–Crippen LogP) is 2.95. The van der Waals surface area contributed by atoms with Gasteiger partial charge in [-0.3, -0.25) is 0 Å². The summed E-state index contributed by atoms with van der Waals surface area (Å²) in [5, 5.41) is 4.45. The third-order valence-electron chi connectivity index (χ3n) is 2.11. The molecule has 0 saturated heterocycles. The minimum atomic E-state index is 0.749. The normalized spacial score (nSPS) is 17.4. The van der Waals surface area contributed by atoms with Gasteiger partial charge in [0, 0.05) is 12.6 Å². The first-order chi connectivity index (χ1) is 6.74. The number of thiazole rings is 1. The molecule has 0 bridgehead atoms. The standard InChI is InChI=1S/C10H13ClN2S/c1-7(5-12-8-2-3-8)4-10-13-6-9(11)14-10/h4,6,8,12H,2-3,5H2,1H3/b7-4-. The number of nitrogens with one attached hydrogen (secondary N) is 1. The maximum Gasteiger partial charge on any atom is 0.117 e. The van der Waals surface area contributed by atoms with Gasteiger partial charge in [-0.15, -0.1) is 11.3 Å². The van der Waals surface area contributed by atoms with Crippen LogP contribution < -0.4 is 5.32 Å². The van der Waals surface area contributed by atoms with Gasteiger partial charge in [-0.05, 0) is 25.8 Å². The van der Waals surface area contributed by atoms with Crippen LogP contribution in [-0.2, 0) is 0 Å². The molecule has 1 heterocycles. The lowest BCUT2D eigenvalue weighted by atomic mass is 10.3. The largest absolute Gasteiger partial charge is 0.310 e. The zero-order valence-electron chi connectivity index (χ0n) is 8.09. The van der Waals surface area contributed by atoms with Crippen molar-refractivity contribution < 1.29 is 0 Å². The quantitative estimate of drug-likeness (QED) is 0.857. The summed E-state index contributed by atoms with van der Waals surface area (Å²) >= 11 is 7.31. The predicted molar refractivity (Wildman–Crippen MR) is 61.8 cm³/mol. The SMILES string of the molecule is C/C(=C/c1ncc(Cl)s1)CNC1CC1. The molecule has 1 aliphatic rings. The smallest absolute Gasteiger partial charge is 0.117 e. The Labute approximate surface area is 93.0 Å². The Morgan fingerprint density at radius 1 is 1.79 bits per heavy atom. The summed E-state index contributed by atoms with van der Waals surface area (Å²) in [6, 6.07) is 0.762. The van der Waals surface area contributed by atoms with Gasteiger partial charge in [0.15, 0.2) is 0 Å². The average Bonchev–Trinajstić information content (AvgIpc) is 2.88. The highest BCUT2D eigenvalue weighted by molar-refractivity contribution is 7.16. The molecule has 1 N–H and O–H groups in total. The van der Waals surface area contributed by atoms with Crippen LogP contribution in [0.5, 0.6) is 0 Å². The molecule has 76 valence electrons. The lowest BCUT2D eigenvalue weighted by molar-refractivity contribution is 0.736. The van der Waals surface area contributed by atoms with Crippen molar-refractivity contribution in [1.82, 2.24) is 10.3 Å². The summed E-state index contributed by atoms with van der Waals surface area (Å²) in [6.07, 6.45) is 6.44. The van der Waals surface area contributed by atoms with E-state index in [1.54, 1.807) is 6.20 Å². The Balaban J connectivity index is 1.88. The van der Waals surface area contributed by atoms with Crippen molar-refractivity contribution in [3.8, 4) is 0 Å². The van der Waals surface area contributed by atoms with Gasteiger partial charge in [0.05, 0.1) is 6.20 Å². The van der Waals surface area contributed by atoms with E-state index in [-0.39, 0.29) is 0 Å². The first-order valence-electron chi connectivity index (χ1n) is 4.76. The molecule has 1 aromatic rings. The van der Waals surface area contributed by atoms with Crippen LogP contribution in [0.2, 0.25) is 4.34 Å². The van der Waals surface area contributed by atoms with E-state index in [1.165, 1.54) is 29.8 Å². The van der Waals surface area contributed by atoms with Crippen molar-refractivity contribution in [3.05, 3.63) is 21.1 Å². The number of rotatable bonds is 4. The highest BCUT2D eigenvalue weighted by Gasteiger charge is 2.19. The molecule has 0 unspecified atom stereocenters. The molecule has 0 aliphatic heterocycles. The molecular weight excluding hydrogens is 216 g/mol. The molecule has 1 fully saturated rings. The molecule has 0 atom stereocenters. The Hall–Kier alpha value is -0.380. The summed E-state index contributed by atoms with van der Waals surface area (Å²) in [7, 11) is 0. The highest BCUT2D eigenvalue weighted by atomic mass is 35.5. The van der Waals surface area contributed by atoms with Crippen molar-refractivity contribution in [2.24, 2.45) is 0 Å². The summed E-state index contributed by atoms with van der Waals surface area (Å²) in [5.41, 5.74) is 1.31. The van der Waals surface area contributed by atoms with E-state index in [2.05, 4.69) is 23.3 Å². The van der Waals surface area contributed by atoms with Crippen LogP contribution in [0.15, 0.2) is 11.8 Å². The molecule has 0 spiro atoms. The number of aromatic nitrogens is 1. The molecule has 1 aliphatic carbocycles. The second kappa shape index (κ2) is 4.43. The molecule has 0 radical (unpaired) electrons. The van der Waals surface area contributed by atoms with Crippen molar-refractivity contribution in [3.63, 3.8) is 0 Å². The number of nitrogens with zero attached hydrogens (tertiary/aromatic N) is 1. The first kappa shape index (κ1) is 10.1. The van der Waals surface area contributed by atoms with Crippen LogP contribution in [0, 0.1) is 0 Å². The molecule has 2 rings (SSSR count). The maximum atomic E-state index is 5.79. The lowest BCUT2D eigenvalue weighted by Gasteiger charge is -2.01. The average molecular weight is 229 g/mol. The van der Waals surface area contributed by atoms with Gasteiger partial charge >= 0.3 is 0 Å². The second-order valence-electron chi connectivity index (χ2n) is 3.65. The van der Waals surface area contributed by atoms with Crippen molar-refractivity contribution in [2.75, 3.05) is 6.54 Å². The number of hydrogen-bond donors (Lipinski definition) is 1. The van der Waals surface area contributed by atoms with Gasteiger partial charge in [0.1, 0.15) is 9.34 Å². The van der Waals surface area contributed by atoms with Crippen LogP contribution in [0.4, 0.5) is 0 Å². The maximum absolute atomic E-state index is 5.79. The third kappa shape index (κ3) is 3.08. The van der Waals surface area contributed by atoms with E-state index in [9.17, 15) is 0 Å². The molecule has 1 aromatic heterocycles. The fourth-order valence-corrected chi connectivity index (χ4v) is 2.14. The molecular formula is C10H13ClN2S. The van der Waals surface area contributed by atoms with Gasteiger partial charge in [-0.2, -0.15) is 0 Å². The van der Waals surface area contributed by atoms with E-state index >= 15 is 0 Å². The van der Waals surface area contributed by atoms with Gasteiger partial charge in [0.25, 0.3) is 0 Å². The highest BCUT2D eigenvalue weighted by Crippen LogP contribution is 2.21. The summed E-state index contributed by atoms with van der Waals surface area (Å²) in [6.45, 7) is 3.08. The third-order valence-corrected chi connectivity index (χ3v) is 3.17. The van der Waals surface area contributed by atoms with Gasteiger partial charge in [0.2, 0.25) is 0 Å². The fourth-order valence-electron chi connectivity index (χ4n) is 1.19. The number of halogens is 1. The summed E-state index contributed by atoms with van der Waals surface area (Å²) in [5.74, 6) is 0. The Kier molecular flexibility index (Phi) is 3.21. The van der Waals surface area contributed by atoms with Crippen LogP contribution in [-0.4, -0.2) is 17.6 Å². The van der Waals surface area contributed by atoms with Crippen LogP contribution in [0.3, 0.4) is 0 Å². The molecule has 4 heteroatoms. The van der Waals surface area contributed by atoms with E-state index in [0.717, 1.165) is 21.9 Å². The Bertz CT molecular complexity index is 342. The van der Waals surface area contributed by atoms with E-state index in [1.807, 2.05) is 0 Å². The monoisotopic (exact) mass is 228 g/mol. The van der Waals surface area contributed by atoms with Crippen molar-refractivity contribution >= 4 is 29.0 Å². The zero-order chi connectivity index (χ0) is 9.97. The molecule has 1 saturated carbocycles. The van der Waals surface area contributed by atoms with Crippen LogP contribution in [0.25, 0.3) is 6.08 Å². The minimum Gasteiger partial charge on any atom is -0.310 e. The summed E-state index contributed by atoms with van der Waals surface area (Å²) < 4.78 is 0.749. The fraction of sp³-hybridized carbons (Fsp3) is 0.500. The molecule has 0 amide bonds. The van der Waals surface area contributed by atoms with E-state index < -0.39 is 0 Å². The Morgan fingerprint density at radius 3 is 3.14 bits per heavy atom.